The van der Waals surface area contributed by atoms with Crippen molar-refractivity contribution in [1.29, 1.82) is 0 Å². The molecule has 0 aliphatic carbocycles. The number of para-hydroxylation sites is 2. The van der Waals surface area contributed by atoms with Gasteiger partial charge in [0.2, 0.25) is 0 Å². The number of nitrogens with one attached hydrogen (secondary N) is 1. The predicted octanol–water partition coefficient (Wildman–Crippen LogP) is 2.91. The Kier molecular flexibility index (Phi) is 5.01. The van der Waals surface area contributed by atoms with Crippen LogP contribution >= 0.6 is 0 Å². The fourth-order valence-corrected chi connectivity index (χ4v) is 3.86. The fourth-order valence-electron chi connectivity index (χ4n) is 2.81. The molecule has 0 fully saturated rings. The van der Waals surface area contributed by atoms with Gasteiger partial charge in [-0.2, -0.15) is 13.1 Å². The van der Waals surface area contributed by atoms with Crippen LogP contribution in [0.3, 0.4) is 0 Å². The molecule has 0 bridgehead atoms. The van der Waals surface area contributed by atoms with Gasteiger partial charge in [0.05, 0.1) is 15.8 Å². The smallest absolute Gasteiger partial charge is 0.280 e. The second-order valence-electron chi connectivity index (χ2n) is 6.20. The van der Waals surface area contributed by atoms with E-state index in [2.05, 4.69) is 9.82 Å². The minimum Gasteiger partial charge on any atom is -0.486 e. The first-order valence-electron chi connectivity index (χ1n) is 8.81. The van der Waals surface area contributed by atoms with Crippen molar-refractivity contribution in [2.24, 2.45) is 0 Å². The van der Waals surface area contributed by atoms with Gasteiger partial charge in [-0.15, -0.1) is 0 Å². The zero-order chi connectivity index (χ0) is 20.3. The molecule has 1 heterocycles. The maximum Gasteiger partial charge on any atom is 0.280 e. The first-order valence-corrected chi connectivity index (χ1v) is 10.3. The maximum atomic E-state index is 13.0. The van der Waals surface area contributed by atoms with Crippen molar-refractivity contribution in [3.63, 3.8) is 0 Å². The van der Waals surface area contributed by atoms with Gasteiger partial charge >= 0.3 is 0 Å². The van der Waals surface area contributed by atoms with Crippen LogP contribution in [0.15, 0.2) is 94.6 Å². The summed E-state index contributed by atoms with van der Waals surface area (Å²) in [4.78, 5) is 19.8. The molecule has 7 nitrogen and oxygen atoms in total. The van der Waals surface area contributed by atoms with Crippen LogP contribution in [0.2, 0.25) is 0 Å². The Morgan fingerprint density at radius 1 is 0.862 bits per heavy atom. The van der Waals surface area contributed by atoms with Gasteiger partial charge in [0.1, 0.15) is 12.4 Å². The monoisotopic (exact) mass is 407 g/mol. The van der Waals surface area contributed by atoms with Crippen molar-refractivity contribution in [3.05, 3.63) is 101 Å². The number of ether oxygens (including phenoxy) is 1. The van der Waals surface area contributed by atoms with Crippen LogP contribution in [0.25, 0.3) is 10.9 Å². The van der Waals surface area contributed by atoms with Gasteiger partial charge in [-0.3, -0.25) is 4.79 Å². The molecule has 0 amide bonds. The second kappa shape index (κ2) is 7.76. The van der Waals surface area contributed by atoms with Crippen LogP contribution in [-0.4, -0.2) is 18.1 Å². The molecule has 146 valence electrons. The van der Waals surface area contributed by atoms with E-state index in [4.69, 9.17) is 4.74 Å². The van der Waals surface area contributed by atoms with Gasteiger partial charge in [0, 0.05) is 0 Å². The first kappa shape index (κ1) is 18.7. The van der Waals surface area contributed by atoms with E-state index in [1.165, 1.54) is 12.1 Å². The van der Waals surface area contributed by atoms with Crippen molar-refractivity contribution in [3.8, 4) is 5.75 Å². The van der Waals surface area contributed by atoms with E-state index in [9.17, 15) is 13.2 Å². The topological polar surface area (TPSA) is 90.3 Å². The number of sulfonamides is 1. The van der Waals surface area contributed by atoms with Gasteiger partial charge in [0.15, 0.2) is 5.82 Å². The molecule has 4 rings (SSSR count). The highest BCUT2D eigenvalue weighted by Gasteiger charge is 2.19. The van der Waals surface area contributed by atoms with Gasteiger partial charge < -0.3 is 4.74 Å². The lowest BCUT2D eigenvalue weighted by molar-refractivity contribution is 0.291. The van der Waals surface area contributed by atoms with E-state index in [0.29, 0.717) is 16.7 Å². The van der Waals surface area contributed by atoms with E-state index in [0.717, 1.165) is 4.68 Å². The van der Waals surface area contributed by atoms with Crippen LogP contribution in [0.1, 0.15) is 5.82 Å². The SMILES string of the molecule is O=c1c2ccccc2nc(COc2ccccc2)n1NS(=O)(=O)c1ccccc1. The van der Waals surface area contributed by atoms with Crippen molar-refractivity contribution < 1.29 is 13.2 Å². The third-order valence-corrected chi connectivity index (χ3v) is 5.54. The van der Waals surface area contributed by atoms with Crippen molar-refractivity contribution in [2.45, 2.75) is 11.5 Å². The molecule has 0 aliphatic rings. The van der Waals surface area contributed by atoms with Crippen LogP contribution in [-0.2, 0) is 16.6 Å². The Morgan fingerprint density at radius 2 is 1.48 bits per heavy atom. The lowest BCUT2D eigenvalue weighted by atomic mass is 10.2. The van der Waals surface area contributed by atoms with Gasteiger partial charge in [-0.25, -0.2) is 9.82 Å². The molecule has 8 heteroatoms. The highest BCUT2D eigenvalue weighted by Crippen LogP contribution is 2.14. The number of hydrogen-bond donors (Lipinski definition) is 1. The van der Waals surface area contributed by atoms with E-state index in [-0.39, 0.29) is 17.3 Å². The van der Waals surface area contributed by atoms with Gasteiger partial charge in [0.25, 0.3) is 15.6 Å². The minimum atomic E-state index is -3.99. The Morgan fingerprint density at radius 3 is 2.21 bits per heavy atom. The van der Waals surface area contributed by atoms with Gasteiger partial charge in [-0.1, -0.05) is 48.5 Å². The number of aromatic nitrogens is 2. The zero-order valence-electron chi connectivity index (χ0n) is 15.2. The summed E-state index contributed by atoms with van der Waals surface area (Å²) in [6.45, 7) is -0.0958. The summed E-state index contributed by atoms with van der Waals surface area (Å²) < 4.78 is 32.2. The molecule has 3 aromatic carbocycles. The standard InChI is InChI=1S/C21H17N3O4S/c25-21-18-13-7-8-14-19(18)22-20(15-28-16-9-3-1-4-10-16)24(21)23-29(26,27)17-11-5-2-6-12-17/h1-14,23H,15H2. The molecular weight excluding hydrogens is 390 g/mol. The molecular formula is C21H17N3O4S. The Labute approximate surface area is 167 Å². The fraction of sp³-hybridized carbons (Fsp3) is 0.0476. The predicted molar refractivity (Wildman–Crippen MR) is 110 cm³/mol. The summed E-state index contributed by atoms with van der Waals surface area (Å²) in [5.41, 5.74) is -0.0684. The third-order valence-electron chi connectivity index (χ3n) is 4.22. The van der Waals surface area contributed by atoms with Crippen LogP contribution in [0.4, 0.5) is 0 Å². The largest absolute Gasteiger partial charge is 0.486 e. The summed E-state index contributed by atoms with van der Waals surface area (Å²) in [6.07, 6.45) is 0. The molecule has 0 saturated heterocycles. The summed E-state index contributed by atoms with van der Waals surface area (Å²) in [7, 11) is -3.99. The molecule has 0 aliphatic heterocycles. The van der Waals surface area contributed by atoms with Gasteiger partial charge in [-0.05, 0) is 36.4 Å². The molecule has 1 N–H and O–H groups in total. The van der Waals surface area contributed by atoms with Crippen molar-refractivity contribution >= 4 is 20.9 Å². The Hall–Kier alpha value is -3.65. The number of hydrogen-bond acceptors (Lipinski definition) is 5. The molecule has 0 spiro atoms. The van der Waals surface area contributed by atoms with Crippen LogP contribution < -0.4 is 15.1 Å². The van der Waals surface area contributed by atoms with Crippen molar-refractivity contribution in [2.75, 3.05) is 4.83 Å². The molecule has 29 heavy (non-hydrogen) atoms. The molecule has 0 radical (unpaired) electrons. The lowest BCUT2D eigenvalue weighted by Crippen LogP contribution is -2.36. The lowest BCUT2D eigenvalue weighted by Gasteiger charge is -2.16. The van der Waals surface area contributed by atoms with Crippen LogP contribution in [0.5, 0.6) is 5.75 Å². The number of fused-ring (bicyclic) bond motifs is 1. The number of rotatable bonds is 6. The third kappa shape index (κ3) is 3.97. The minimum absolute atomic E-state index is 0.0370. The molecule has 0 atom stereocenters. The number of benzene rings is 3. The highest BCUT2D eigenvalue weighted by molar-refractivity contribution is 7.92. The summed E-state index contributed by atoms with van der Waals surface area (Å²) in [5.74, 6) is 0.712. The average Bonchev–Trinajstić information content (AvgIpc) is 2.76. The Bertz CT molecular complexity index is 1300. The summed E-state index contributed by atoms with van der Waals surface area (Å²) in [5, 5.41) is 0.298. The summed E-state index contributed by atoms with van der Waals surface area (Å²) in [6, 6.07) is 23.6. The van der Waals surface area contributed by atoms with E-state index in [1.54, 1.807) is 54.6 Å². The van der Waals surface area contributed by atoms with Crippen LogP contribution in [0, 0.1) is 0 Å². The molecule has 1 aromatic heterocycles. The molecule has 4 aromatic rings. The highest BCUT2D eigenvalue weighted by atomic mass is 32.2. The summed E-state index contributed by atoms with van der Waals surface area (Å²) >= 11 is 0. The van der Waals surface area contributed by atoms with Crippen molar-refractivity contribution in [1.82, 2.24) is 9.66 Å². The number of nitrogens with zero attached hydrogens (tertiary/aromatic N) is 2. The average molecular weight is 407 g/mol. The molecule has 0 saturated carbocycles. The normalized spacial score (nSPS) is 11.3. The zero-order valence-corrected chi connectivity index (χ0v) is 16.0. The van der Waals surface area contributed by atoms with E-state index >= 15 is 0 Å². The maximum absolute atomic E-state index is 13.0. The first-order chi connectivity index (χ1) is 14.0. The Balaban J connectivity index is 1.78. The second-order valence-corrected chi connectivity index (χ2v) is 7.86. The van der Waals surface area contributed by atoms with E-state index < -0.39 is 15.6 Å². The van der Waals surface area contributed by atoms with E-state index in [1.807, 2.05) is 18.2 Å². The molecule has 0 unspecified atom stereocenters. The quantitative estimate of drug-likeness (QED) is 0.531.